The van der Waals surface area contributed by atoms with Crippen molar-refractivity contribution in [2.75, 3.05) is 17.2 Å². The molecule has 0 saturated carbocycles. The molecule has 0 aliphatic carbocycles. The third kappa shape index (κ3) is 4.77. The molecule has 5 nitrogen and oxygen atoms in total. The van der Waals surface area contributed by atoms with Gasteiger partial charge in [-0.2, -0.15) is 0 Å². The van der Waals surface area contributed by atoms with Crippen LogP contribution in [0.25, 0.3) is 0 Å². The van der Waals surface area contributed by atoms with Crippen molar-refractivity contribution in [1.82, 2.24) is 9.97 Å². The van der Waals surface area contributed by atoms with Crippen molar-refractivity contribution < 1.29 is 9.18 Å². The molecule has 132 valence electrons. The molecule has 26 heavy (non-hydrogen) atoms. The molecule has 1 aromatic heterocycles. The van der Waals surface area contributed by atoms with Crippen LogP contribution in [0, 0.1) is 5.82 Å². The topological polar surface area (TPSA) is 66.9 Å². The third-order valence-electron chi connectivity index (χ3n) is 3.65. The van der Waals surface area contributed by atoms with Crippen molar-refractivity contribution in [3.8, 4) is 0 Å². The minimum atomic E-state index is -0.504. The number of aromatic nitrogens is 2. The SMILES string of the molecule is O=C(Nc1ccccc1F)c1cc(NCCc2ccc(Cl)cc2)ncn1. The van der Waals surface area contributed by atoms with Gasteiger partial charge in [0.05, 0.1) is 5.69 Å². The highest BCUT2D eigenvalue weighted by atomic mass is 35.5. The maximum absolute atomic E-state index is 13.6. The summed E-state index contributed by atoms with van der Waals surface area (Å²) in [5.74, 6) is -0.484. The van der Waals surface area contributed by atoms with E-state index >= 15 is 0 Å². The second-order valence-corrected chi connectivity index (χ2v) is 5.96. The van der Waals surface area contributed by atoms with Gasteiger partial charge in [-0.15, -0.1) is 0 Å². The first-order chi connectivity index (χ1) is 12.6. The number of carbonyl (C=O) groups excluding carboxylic acids is 1. The first-order valence-corrected chi connectivity index (χ1v) is 8.36. The van der Waals surface area contributed by atoms with Crippen LogP contribution in [-0.2, 0) is 6.42 Å². The molecule has 0 fully saturated rings. The predicted octanol–water partition coefficient (Wildman–Crippen LogP) is 4.18. The minimum absolute atomic E-state index is 0.105. The fourth-order valence-electron chi connectivity index (χ4n) is 2.31. The number of anilines is 2. The molecule has 2 aromatic carbocycles. The maximum Gasteiger partial charge on any atom is 0.274 e. The van der Waals surface area contributed by atoms with E-state index < -0.39 is 11.7 Å². The number of carbonyl (C=O) groups is 1. The van der Waals surface area contributed by atoms with Gasteiger partial charge in [0.15, 0.2) is 0 Å². The average Bonchev–Trinajstić information content (AvgIpc) is 2.65. The van der Waals surface area contributed by atoms with E-state index in [4.69, 9.17) is 11.6 Å². The van der Waals surface area contributed by atoms with Crippen LogP contribution in [0.2, 0.25) is 5.02 Å². The zero-order valence-corrected chi connectivity index (χ0v) is 14.5. The monoisotopic (exact) mass is 370 g/mol. The predicted molar refractivity (Wildman–Crippen MR) is 100 cm³/mol. The zero-order chi connectivity index (χ0) is 18.4. The maximum atomic E-state index is 13.6. The molecule has 0 atom stereocenters. The van der Waals surface area contributed by atoms with Crippen LogP contribution in [0.3, 0.4) is 0 Å². The lowest BCUT2D eigenvalue weighted by molar-refractivity contribution is 0.102. The number of nitrogens with zero attached hydrogens (tertiary/aromatic N) is 2. The van der Waals surface area contributed by atoms with E-state index in [9.17, 15) is 9.18 Å². The van der Waals surface area contributed by atoms with Gasteiger partial charge in [-0.1, -0.05) is 35.9 Å². The molecule has 0 bridgehead atoms. The molecule has 0 aliphatic rings. The van der Waals surface area contributed by atoms with Gasteiger partial charge < -0.3 is 10.6 Å². The summed E-state index contributed by atoms with van der Waals surface area (Å²) in [6.45, 7) is 0.632. The van der Waals surface area contributed by atoms with Crippen LogP contribution in [0.15, 0.2) is 60.9 Å². The Hall–Kier alpha value is -2.99. The molecular formula is C19H16ClFN4O. The number of nitrogens with one attached hydrogen (secondary N) is 2. The van der Waals surface area contributed by atoms with E-state index in [1.165, 1.54) is 24.5 Å². The lowest BCUT2D eigenvalue weighted by Gasteiger charge is -2.08. The van der Waals surface area contributed by atoms with Crippen molar-refractivity contribution in [3.63, 3.8) is 0 Å². The molecule has 0 unspecified atom stereocenters. The smallest absolute Gasteiger partial charge is 0.274 e. The molecule has 3 aromatic rings. The van der Waals surface area contributed by atoms with Gasteiger partial charge in [0.2, 0.25) is 0 Å². The normalized spacial score (nSPS) is 10.4. The van der Waals surface area contributed by atoms with Gasteiger partial charge in [-0.05, 0) is 36.2 Å². The quantitative estimate of drug-likeness (QED) is 0.683. The van der Waals surface area contributed by atoms with Crippen LogP contribution >= 0.6 is 11.6 Å². The highest BCUT2D eigenvalue weighted by molar-refractivity contribution is 6.30. The lowest BCUT2D eigenvalue weighted by atomic mass is 10.1. The number of hydrogen-bond donors (Lipinski definition) is 2. The van der Waals surface area contributed by atoms with Crippen LogP contribution in [0.5, 0.6) is 0 Å². The first-order valence-electron chi connectivity index (χ1n) is 7.98. The Bertz CT molecular complexity index is 902. The Labute approximate surface area is 155 Å². The molecular weight excluding hydrogens is 355 g/mol. The number of para-hydroxylation sites is 1. The fraction of sp³-hybridized carbons (Fsp3) is 0.105. The standard InChI is InChI=1S/C19H16ClFN4O/c20-14-7-5-13(6-8-14)9-10-22-18-11-17(23-12-24-18)19(26)25-16-4-2-1-3-15(16)21/h1-8,11-12H,9-10H2,(H,25,26)(H,22,23,24). The number of amides is 1. The van der Waals surface area contributed by atoms with Crippen LogP contribution in [0.1, 0.15) is 16.1 Å². The molecule has 2 N–H and O–H groups in total. The molecule has 3 rings (SSSR count). The van der Waals surface area contributed by atoms with E-state index in [0.717, 1.165) is 12.0 Å². The van der Waals surface area contributed by atoms with Crippen molar-refractivity contribution in [3.05, 3.63) is 83.0 Å². The Morgan fingerprint density at radius 1 is 1.08 bits per heavy atom. The average molecular weight is 371 g/mol. The summed E-state index contributed by atoms with van der Waals surface area (Å²) in [7, 11) is 0. The van der Waals surface area contributed by atoms with Gasteiger partial charge in [0.1, 0.15) is 23.7 Å². The second kappa shape index (κ2) is 8.40. The molecule has 0 aliphatic heterocycles. The fourth-order valence-corrected chi connectivity index (χ4v) is 2.44. The van der Waals surface area contributed by atoms with Gasteiger partial charge in [-0.25, -0.2) is 14.4 Å². The Kier molecular flexibility index (Phi) is 5.76. The van der Waals surface area contributed by atoms with Crippen molar-refractivity contribution in [2.45, 2.75) is 6.42 Å². The van der Waals surface area contributed by atoms with Crippen molar-refractivity contribution >= 4 is 29.0 Å². The summed E-state index contributed by atoms with van der Waals surface area (Å²) >= 11 is 5.86. The summed E-state index contributed by atoms with van der Waals surface area (Å²) < 4.78 is 13.6. The van der Waals surface area contributed by atoms with Gasteiger partial charge >= 0.3 is 0 Å². The van der Waals surface area contributed by atoms with Crippen LogP contribution in [0.4, 0.5) is 15.9 Å². The molecule has 7 heteroatoms. The highest BCUT2D eigenvalue weighted by Crippen LogP contribution is 2.14. The number of benzene rings is 2. The summed E-state index contributed by atoms with van der Waals surface area (Å²) in [5, 5.41) is 6.33. The summed E-state index contributed by atoms with van der Waals surface area (Å²) in [6, 6.07) is 15.1. The zero-order valence-electron chi connectivity index (χ0n) is 13.7. The summed E-state index contributed by atoms with van der Waals surface area (Å²) in [5.41, 5.74) is 1.39. The molecule has 0 radical (unpaired) electrons. The lowest BCUT2D eigenvalue weighted by Crippen LogP contribution is -2.16. The Morgan fingerprint density at radius 3 is 2.62 bits per heavy atom. The number of hydrogen-bond acceptors (Lipinski definition) is 4. The Morgan fingerprint density at radius 2 is 1.85 bits per heavy atom. The molecule has 1 heterocycles. The van der Waals surface area contributed by atoms with E-state index in [0.29, 0.717) is 17.4 Å². The van der Waals surface area contributed by atoms with Crippen molar-refractivity contribution in [2.24, 2.45) is 0 Å². The largest absolute Gasteiger partial charge is 0.370 e. The Balaban J connectivity index is 1.59. The van der Waals surface area contributed by atoms with E-state index in [-0.39, 0.29) is 11.4 Å². The van der Waals surface area contributed by atoms with Gasteiger partial charge in [0, 0.05) is 17.6 Å². The second-order valence-electron chi connectivity index (χ2n) is 5.53. The van der Waals surface area contributed by atoms with Gasteiger partial charge in [0.25, 0.3) is 5.91 Å². The summed E-state index contributed by atoms with van der Waals surface area (Å²) in [4.78, 5) is 20.3. The molecule has 1 amide bonds. The number of rotatable bonds is 6. The molecule has 0 saturated heterocycles. The first kappa shape index (κ1) is 17.8. The third-order valence-corrected chi connectivity index (χ3v) is 3.91. The van der Waals surface area contributed by atoms with E-state index in [2.05, 4.69) is 20.6 Å². The number of halogens is 2. The molecule has 0 spiro atoms. The minimum Gasteiger partial charge on any atom is -0.370 e. The van der Waals surface area contributed by atoms with E-state index in [1.54, 1.807) is 12.1 Å². The van der Waals surface area contributed by atoms with Gasteiger partial charge in [-0.3, -0.25) is 4.79 Å². The summed E-state index contributed by atoms with van der Waals surface area (Å²) in [6.07, 6.45) is 2.07. The highest BCUT2D eigenvalue weighted by Gasteiger charge is 2.11. The van der Waals surface area contributed by atoms with Crippen molar-refractivity contribution in [1.29, 1.82) is 0 Å². The van der Waals surface area contributed by atoms with Crippen LogP contribution in [-0.4, -0.2) is 22.4 Å². The van der Waals surface area contributed by atoms with Crippen LogP contribution < -0.4 is 10.6 Å². The van der Waals surface area contributed by atoms with E-state index in [1.807, 2.05) is 24.3 Å².